The summed E-state index contributed by atoms with van der Waals surface area (Å²) in [6, 6.07) is 13.4. The second-order valence-electron chi connectivity index (χ2n) is 9.43. The summed E-state index contributed by atoms with van der Waals surface area (Å²) in [5.74, 6) is 0.528. The lowest BCUT2D eigenvalue weighted by atomic mass is 10.1. The van der Waals surface area contributed by atoms with Gasteiger partial charge in [0, 0.05) is 44.8 Å². The molecule has 0 saturated carbocycles. The molecule has 8 heteroatoms. The Balaban J connectivity index is 1.32. The predicted molar refractivity (Wildman–Crippen MR) is 138 cm³/mol. The van der Waals surface area contributed by atoms with Gasteiger partial charge in [0.1, 0.15) is 5.75 Å². The van der Waals surface area contributed by atoms with Crippen molar-refractivity contribution in [3.63, 3.8) is 0 Å². The quantitative estimate of drug-likeness (QED) is 0.562. The molecule has 0 aromatic heterocycles. The van der Waals surface area contributed by atoms with E-state index in [9.17, 15) is 13.2 Å². The fourth-order valence-corrected chi connectivity index (χ4v) is 6.45. The van der Waals surface area contributed by atoms with Gasteiger partial charge >= 0.3 is 0 Å². The van der Waals surface area contributed by atoms with Crippen molar-refractivity contribution < 1.29 is 17.9 Å². The van der Waals surface area contributed by atoms with Crippen LogP contribution in [0.5, 0.6) is 5.75 Å². The van der Waals surface area contributed by atoms with E-state index in [2.05, 4.69) is 34.5 Å². The standard InChI is InChI=1S/C27H37N3O4S/c1-34-26-14-13-25(35(32,33)30-18-6-3-7-19-30)20-23(26)10-15-27(31)28-21-22-8-11-24(12-9-22)29-16-4-2-5-17-29/h8-9,11-14,20H,2-7,10,15-19,21H2,1H3,(H,28,31). The molecule has 2 aliphatic heterocycles. The molecule has 2 fully saturated rings. The number of carbonyl (C=O) groups is 1. The van der Waals surface area contributed by atoms with Crippen LogP contribution in [0.4, 0.5) is 5.69 Å². The van der Waals surface area contributed by atoms with Gasteiger partial charge in [0.15, 0.2) is 0 Å². The molecule has 2 aromatic carbocycles. The average molecular weight is 500 g/mol. The molecule has 4 rings (SSSR count). The first kappa shape index (κ1) is 25.5. The molecule has 2 saturated heterocycles. The number of hydrogen-bond donors (Lipinski definition) is 1. The normalized spacial score (nSPS) is 17.2. The van der Waals surface area contributed by atoms with E-state index in [-0.39, 0.29) is 17.2 Å². The Morgan fingerprint density at radius 1 is 0.914 bits per heavy atom. The molecule has 1 amide bonds. The fourth-order valence-electron chi connectivity index (χ4n) is 4.88. The van der Waals surface area contributed by atoms with Gasteiger partial charge in [0.05, 0.1) is 12.0 Å². The van der Waals surface area contributed by atoms with Gasteiger partial charge in [-0.05, 0) is 80.0 Å². The lowest BCUT2D eigenvalue weighted by Crippen LogP contribution is -2.35. The number of nitrogens with one attached hydrogen (secondary N) is 1. The van der Waals surface area contributed by atoms with Crippen molar-refractivity contribution in [2.45, 2.75) is 62.8 Å². The molecule has 190 valence electrons. The van der Waals surface area contributed by atoms with Gasteiger partial charge < -0.3 is 15.0 Å². The minimum atomic E-state index is -3.53. The maximum Gasteiger partial charge on any atom is 0.243 e. The molecule has 0 bridgehead atoms. The van der Waals surface area contributed by atoms with Crippen molar-refractivity contribution in [1.29, 1.82) is 0 Å². The van der Waals surface area contributed by atoms with Crippen molar-refractivity contribution in [3.05, 3.63) is 53.6 Å². The minimum absolute atomic E-state index is 0.0727. The fraction of sp³-hybridized carbons (Fsp3) is 0.519. The Kier molecular flexibility index (Phi) is 8.68. The lowest BCUT2D eigenvalue weighted by molar-refractivity contribution is -0.121. The molecule has 2 aliphatic rings. The van der Waals surface area contributed by atoms with Gasteiger partial charge in [-0.3, -0.25) is 4.79 Å². The maximum atomic E-state index is 13.1. The summed E-state index contributed by atoms with van der Waals surface area (Å²) in [7, 11) is -1.97. The smallest absolute Gasteiger partial charge is 0.243 e. The first-order chi connectivity index (χ1) is 17.0. The zero-order chi connectivity index (χ0) is 24.7. The van der Waals surface area contributed by atoms with Crippen molar-refractivity contribution in [1.82, 2.24) is 9.62 Å². The van der Waals surface area contributed by atoms with E-state index in [1.165, 1.54) is 24.9 Å². The number of ether oxygens (including phenoxy) is 1. The van der Waals surface area contributed by atoms with Gasteiger partial charge in [0.2, 0.25) is 15.9 Å². The van der Waals surface area contributed by atoms with Gasteiger partial charge in [-0.15, -0.1) is 0 Å². The minimum Gasteiger partial charge on any atom is -0.496 e. The number of piperidine rings is 2. The molecule has 35 heavy (non-hydrogen) atoms. The van der Waals surface area contributed by atoms with E-state index < -0.39 is 10.0 Å². The highest BCUT2D eigenvalue weighted by Gasteiger charge is 2.26. The summed E-state index contributed by atoms with van der Waals surface area (Å²) in [6.07, 6.45) is 7.32. The van der Waals surface area contributed by atoms with Crippen LogP contribution in [0.25, 0.3) is 0 Å². The van der Waals surface area contributed by atoms with Crippen molar-refractivity contribution in [2.75, 3.05) is 38.2 Å². The summed E-state index contributed by atoms with van der Waals surface area (Å²) in [5, 5.41) is 2.98. The van der Waals surface area contributed by atoms with E-state index >= 15 is 0 Å². The van der Waals surface area contributed by atoms with Gasteiger partial charge in [-0.1, -0.05) is 18.6 Å². The molecular weight excluding hydrogens is 462 g/mol. The van der Waals surface area contributed by atoms with E-state index in [0.29, 0.717) is 31.8 Å². The molecule has 1 N–H and O–H groups in total. The Morgan fingerprint density at radius 3 is 2.23 bits per heavy atom. The molecule has 0 spiro atoms. The van der Waals surface area contributed by atoms with E-state index in [1.807, 2.05) is 0 Å². The molecule has 2 aromatic rings. The van der Waals surface area contributed by atoms with Gasteiger partial charge in [0.25, 0.3) is 0 Å². The molecule has 7 nitrogen and oxygen atoms in total. The number of aryl methyl sites for hydroxylation is 1. The second-order valence-corrected chi connectivity index (χ2v) is 11.4. The van der Waals surface area contributed by atoms with Crippen LogP contribution in [-0.2, 0) is 27.8 Å². The summed E-state index contributed by atoms with van der Waals surface area (Å²) in [5.41, 5.74) is 3.03. The Hall–Kier alpha value is -2.58. The summed E-state index contributed by atoms with van der Waals surface area (Å²) >= 11 is 0. The highest BCUT2D eigenvalue weighted by Crippen LogP contribution is 2.27. The van der Waals surface area contributed by atoms with Gasteiger partial charge in [-0.2, -0.15) is 4.31 Å². The predicted octanol–water partition coefficient (Wildman–Crippen LogP) is 4.11. The number of hydrogen-bond acceptors (Lipinski definition) is 5. The van der Waals surface area contributed by atoms with Crippen LogP contribution in [0.1, 0.15) is 56.1 Å². The maximum absolute atomic E-state index is 13.1. The molecule has 2 heterocycles. The SMILES string of the molecule is COc1ccc(S(=O)(=O)N2CCCCC2)cc1CCC(=O)NCc1ccc(N2CCCCC2)cc1. The highest BCUT2D eigenvalue weighted by molar-refractivity contribution is 7.89. The Labute approximate surface area is 209 Å². The Bertz CT molecular complexity index is 1090. The average Bonchev–Trinajstić information content (AvgIpc) is 2.91. The zero-order valence-corrected chi connectivity index (χ0v) is 21.5. The van der Waals surface area contributed by atoms with Crippen molar-refractivity contribution in [3.8, 4) is 5.75 Å². The topological polar surface area (TPSA) is 79.0 Å². The number of nitrogens with zero attached hydrogens (tertiary/aromatic N) is 2. The number of benzene rings is 2. The number of rotatable bonds is 9. The lowest BCUT2D eigenvalue weighted by Gasteiger charge is -2.28. The number of anilines is 1. The third kappa shape index (κ3) is 6.55. The number of carbonyl (C=O) groups excluding carboxylic acids is 1. The molecular formula is C27H37N3O4S. The molecule has 0 radical (unpaired) electrons. The monoisotopic (exact) mass is 499 g/mol. The number of sulfonamides is 1. The molecule has 0 aliphatic carbocycles. The summed E-state index contributed by atoms with van der Waals surface area (Å²) in [4.78, 5) is 15.2. The third-order valence-corrected chi connectivity index (χ3v) is 8.87. The summed E-state index contributed by atoms with van der Waals surface area (Å²) < 4.78 is 33.1. The van der Waals surface area contributed by atoms with Crippen LogP contribution in [0.3, 0.4) is 0 Å². The van der Waals surface area contributed by atoms with Crippen LogP contribution in [0, 0.1) is 0 Å². The van der Waals surface area contributed by atoms with E-state index in [1.54, 1.807) is 29.6 Å². The molecule has 0 atom stereocenters. The van der Waals surface area contributed by atoms with Crippen LogP contribution in [0.15, 0.2) is 47.4 Å². The van der Waals surface area contributed by atoms with Crippen LogP contribution >= 0.6 is 0 Å². The van der Waals surface area contributed by atoms with Crippen molar-refractivity contribution in [2.24, 2.45) is 0 Å². The number of methoxy groups -OCH3 is 1. The second kappa shape index (κ2) is 11.9. The first-order valence-electron chi connectivity index (χ1n) is 12.7. The van der Waals surface area contributed by atoms with Crippen LogP contribution in [0.2, 0.25) is 0 Å². The number of amides is 1. The third-order valence-electron chi connectivity index (χ3n) is 6.97. The van der Waals surface area contributed by atoms with E-state index in [0.717, 1.165) is 43.5 Å². The summed E-state index contributed by atoms with van der Waals surface area (Å²) in [6.45, 7) is 3.82. The molecule has 0 unspecified atom stereocenters. The van der Waals surface area contributed by atoms with E-state index in [4.69, 9.17) is 4.74 Å². The first-order valence-corrected chi connectivity index (χ1v) is 14.2. The zero-order valence-electron chi connectivity index (χ0n) is 20.7. The van der Waals surface area contributed by atoms with Crippen LogP contribution < -0.4 is 15.0 Å². The van der Waals surface area contributed by atoms with Gasteiger partial charge in [-0.25, -0.2) is 8.42 Å². The largest absolute Gasteiger partial charge is 0.496 e. The van der Waals surface area contributed by atoms with Crippen molar-refractivity contribution >= 4 is 21.6 Å². The Morgan fingerprint density at radius 2 is 1.57 bits per heavy atom. The highest BCUT2D eigenvalue weighted by atomic mass is 32.2. The van der Waals surface area contributed by atoms with Crippen LogP contribution in [-0.4, -0.2) is 51.9 Å².